The SMILES string of the molecule is CCCCCc1ccc(C2=CCC(C3CCC(CCC)CC3)C=C2)c(F)c1F. The second kappa shape index (κ2) is 10.4. The minimum Gasteiger partial charge on any atom is -0.203 e. The van der Waals surface area contributed by atoms with E-state index in [9.17, 15) is 8.78 Å². The van der Waals surface area contributed by atoms with Gasteiger partial charge in [-0.1, -0.05) is 82.7 Å². The molecule has 0 heterocycles. The van der Waals surface area contributed by atoms with Gasteiger partial charge in [-0.25, -0.2) is 8.78 Å². The average molecular weight is 387 g/mol. The van der Waals surface area contributed by atoms with Crippen LogP contribution in [0.5, 0.6) is 0 Å². The zero-order valence-corrected chi connectivity index (χ0v) is 17.7. The fraction of sp³-hybridized carbons (Fsp3) is 0.615. The molecule has 1 fully saturated rings. The van der Waals surface area contributed by atoms with Crippen molar-refractivity contribution in [1.29, 1.82) is 0 Å². The summed E-state index contributed by atoms with van der Waals surface area (Å²) in [5.41, 5.74) is 1.77. The maximum absolute atomic E-state index is 14.7. The van der Waals surface area contributed by atoms with E-state index in [-0.39, 0.29) is 0 Å². The molecule has 0 radical (unpaired) electrons. The fourth-order valence-corrected chi connectivity index (χ4v) is 5.07. The molecule has 3 rings (SSSR count). The quantitative estimate of drug-likeness (QED) is 0.394. The summed E-state index contributed by atoms with van der Waals surface area (Å²) in [7, 11) is 0. The first-order valence-corrected chi connectivity index (χ1v) is 11.5. The summed E-state index contributed by atoms with van der Waals surface area (Å²) in [5, 5.41) is 0. The van der Waals surface area contributed by atoms with Gasteiger partial charge in [-0.15, -0.1) is 0 Å². The van der Waals surface area contributed by atoms with Crippen molar-refractivity contribution in [2.45, 2.75) is 84.5 Å². The molecule has 1 atom stereocenters. The Hall–Kier alpha value is -1.44. The van der Waals surface area contributed by atoms with E-state index in [4.69, 9.17) is 0 Å². The van der Waals surface area contributed by atoms with Crippen LogP contribution in [0.3, 0.4) is 0 Å². The molecule has 0 aliphatic heterocycles. The Kier molecular flexibility index (Phi) is 7.88. The monoisotopic (exact) mass is 386 g/mol. The standard InChI is InChI=1S/C26H36F2/c1-3-5-6-8-23-17-18-24(26(28)25(23)27)22-15-13-21(14-16-22)20-11-9-19(7-4-2)10-12-20/h13,15-21H,3-12,14H2,1-2H3. The molecule has 0 spiro atoms. The highest BCUT2D eigenvalue weighted by Crippen LogP contribution is 2.39. The zero-order valence-electron chi connectivity index (χ0n) is 17.7. The van der Waals surface area contributed by atoms with E-state index in [0.29, 0.717) is 23.5 Å². The second-order valence-corrected chi connectivity index (χ2v) is 8.84. The average Bonchev–Trinajstić information content (AvgIpc) is 2.72. The van der Waals surface area contributed by atoms with Crippen molar-refractivity contribution < 1.29 is 8.78 Å². The maximum Gasteiger partial charge on any atom is 0.166 e. The van der Waals surface area contributed by atoms with Crippen molar-refractivity contribution >= 4 is 5.57 Å². The summed E-state index contributed by atoms with van der Waals surface area (Å²) in [5.74, 6) is 0.910. The van der Waals surface area contributed by atoms with E-state index in [1.165, 1.54) is 38.5 Å². The number of unbranched alkanes of at least 4 members (excludes halogenated alkanes) is 2. The van der Waals surface area contributed by atoms with Crippen LogP contribution in [0.1, 0.15) is 89.2 Å². The van der Waals surface area contributed by atoms with Gasteiger partial charge in [-0.2, -0.15) is 0 Å². The minimum absolute atomic E-state index is 0.415. The van der Waals surface area contributed by atoms with Crippen LogP contribution < -0.4 is 0 Å². The van der Waals surface area contributed by atoms with Gasteiger partial charge in [-0.3, -0.25) is 0 Å². The smallest absolute Gasteiger partial charge is 0.166 e. The molecule has 2 aliphatic carbocycles. The molecule has 0 amide bonds. The van der Waals surface area contributed by atoms with Crippen molar-refractivity contribution in [3.05, 3.63) is 53.1 Å². The Morgan fingerprint density at radius 1 is 0.929 bits per heavy atom. The van der Waals surface area contributed by atoms with E-state index in [0.717, 1.165) is 43.1 Å². The first-order chi connectivity index (χ1) is 13.6. The number of allylic oxidation sites excluding steroid dienone is 4. The predicted octanol–water partition coefficient (Wildman–Crippen LogP) is 8.26. The summed E-state index contributed by atoms with van der Waals surface area (Å²) >= 11 is 0. The van der Waals surface area contributed by atoms with Gasteiger partial charge in [0.1, 0.15) is 0 Å². The molecule has 2 aliphatic rings. The molecule has 1 aromatic carbocycles. The van der Waals surface area contributed by atoms with Crippen LogP contribution in [0.25, 0.3) is 5.57 Å². The van der Waals surface area contributed by atoms with Gasteiger partial charge in [0.15, 0.2) is 11.6 Å². The molecular formula is C26H36F2. The number of benzene rings is 1. The van der Waals surface area contributed by atoms with Crippen molar-refractivity contribution in [2.75, 3.05) is 0 Å². The largest absolute Gasteiger partial charge is 0.203 e. The molecule has 1 unspecified atom stereocenters. The van der Waals surface area contributed by atoms with Gasteiger partial charge < -0.3 is 0 Å². The number of hydrogen-bond donors (Lipinski definition) is 0. The van der Waals surface area contributed by atoms with E-state index in [1.807, 2.05) is 6.08 Å². The summed E-state index contributed by atoms with van der Waals surface area (Å²) in [6.45, 7) is 4.40. The fourth-order valence-electron chi connectivity index (χ4n) is 5.07. The highest BCUT2D eigenvalue weighted by atomic mass is 19.2. The lowest BCUT2D eigenvalue weighted by Crippen LogP contribution is -2.21. The topological polar surface area (TPSA) is 0 Å². The van der Waals surface area contributed by atoms with E-state index >= 15 is 0 Å². The van der Waals surface area contributed by atoms with E-state index in [2.05, 4.69) is 26.0 Å². The Labute approximate surface area is 170 Å². The van der Waals surface area contributed by atoms with Gasteiger partial charge in [0.05, 0.1) is 0 Å². The lowest BCUT2D eigenvalue weighted by Gasteiger charge is -2.33. The third kappa shape index (κ3) is 5.13. The Bertz CT molecular complexity index is 693. The van der Waals surface area contributed by atoms with Crippen molar-refractivity contribution in [3.8, 4) is 0 Å². The van der Waals surface area contributed by atoms with E-state index < -0.39 is 11.6 Å². The molecule has 0 N–H and O–H groups in total. The van der Waals surface area contributed by atoms with Crippen molar-refractivity contribution in [3.63, 3.8) is 0 Å². The van der Waals surface area contributed by atoms with Crippen LogP contribution in [0.2, 0.25) is 0 Å². The molecular weight excluding hydrogens is 350 g/mol. The summed E-state index contributed by atoms with van der Waals surface area (Å²) in [6.07, 6.45) is 19.1. The van der Waals surface area contributed by atoms with Crippen molar-refractivity contribution in [1.82, 2.24) is 0 Å². The lowest BCUT2D eigenvalue weighted by atomic mass is 9.72. The Morgan fingerprint density at radius 3 is 2.36 bits per heavy atom. The predicted molar refractivity (Wildman–Crippen MR) is 115 cm³/mol. The summed E-state index contributed by atoms with van der Waals surface area (Å²) in [4.78, 5) is 0. The number of halogens is 2. The normalized spacial score (nSPS) is 25.0. The van der Waals surface area contributed by atoms with Crippen LogP contribution in [-0.2, 0) is 6.42 Å². The van der Waals surface area contributed by atoms with Gasteiger partial charge >= 0.3 is 0 Å². The van der Waals surface area contributed by atoms with Crippen LogP contribution in [0, 0.1) is 29.4 Å². The van der Waals surface area contributed by atoms with Crippen LogP contribution in [0.4, 0.5) is 8.78 Å². The van der Waals surface area contributed by atoms with Crippen LogP contribution in [0.15, 0.2) is 30.4 Å². The summed E-state index contributed by atoms with van der Waals surface area (Å²) in [6, 6.07) is 3.55. The molecule has 0 nitrogen and oxygen atoms in total. The van der Waals surface area contributed by atoms with E-state index in [1.54, 1.807) is 12.1 Å². The van der Waals surface area contributed by atoms with Crippen molar-refractivity contribution in [2.24, 2.45) is 17.8 Å². The molecule has 0 bridgehead atoms. The minimum atomic E-state index is -0.677. The molecule has 1 aromatic rings. The van der Waals surface area contributed by atoms with Gasteiger partial charge in [0.25, 0.3) is 0 Å². The molecule has 2 heteroatoms. The van der Waals surface area contributed by atoms with Gasteiger partial charge in [0.2, 0.25) is 0 Å². The summed E-state index contributed by atoms with van der Waals surface area (Å²) < 4.78 is 29.2. The second-order valence-electron chi connectivity index (χ2n) is 8.84. The van der Waals surface area contributed by atoms with Crippen LogP contribution in [-0.4, -0.2) is 0 Å². The zero-order chi connectivity index (χ0) is 19.9. The van der Waals surface area contributed by atoms with Crippen LogP contribution >= 0.6 is 0 Å². The highest BCUT2D eigenvalue weighted by molar-refractivity contribution is 5.75. The molecule has 0 aromatic heterocycles. The number of hydrogen-bond acceptors (Lipinski definition) is 0. The molecule has 28 heavy (non-hydrogen) atoms. The number of rotatable bonds is 8. The highest BCUT2D eigenvalue weighted by Gasteiger charge is 2.27. The molecule has 0 saturated heterocycles. The first kappa shape index (κ1) is 21.3. The van der Waals surface area contributed by atoms with Gasteiger partial charge in [0, 0.05) is 5.56 Å². The van der Waals surface area contributed by atoms with Gasteiger partial charge in [-0.05, 0) is 61.0 Å². The Balaban J connectivity index is 1.61. The third-order valence-corrected chi connectivity index (χ3v) is 6.85. The Morgan fingerprint density at radius 2 is 1.71 bits per heavy atom. The number of aryl methyl sites for hydroxylation is 1. The lowest BCUT2D eigenvalue weighted by molar-refractivity contribution is 0.221. The maximum atomic E-state index is 14.7. The molecule has 154 valence electrons. The molecule has 1 saturated carbocycles. The third-order valence-electron chi connectivity index (χ3n) is 6.85. The first-order valence-electron chi connectivity index (χ1n) is 11.5.